The van der Waals surface area contributed by atoms with Crippen LogP contribution in [0.2, 0.25) is 0 Å². The van der Waals surface area contributed by atoms with E-state index in [1.165, 1.54) is 5.56 Å². The summed E-state index contributed by atoms with van der Waals surface area (Å²) in [7, 11) is 0. The minimum Gasteiger partial charge on any atom is -0.506 e. The number of nitrogens with zero attached hydrogens (tertiary/aromatic N) is 1. The van der Waals surface area contributed by atoms with E-state index in [1.54, 1.807) is 18.3 Å². The van der Waals surface area contributed by atoms with Gasteiger partial charge in [-0.1, -0.05) is 45.0 Å². The normalized spacial score (nSPS) is 11.7. The average Bonchev–Trinajstić information content (AvgIpc) is 2.52. The molecule has 132 valence electrons. The van der Waals surface area contributed by atoms with E-state index in [4.69, 9.17) is 0 Å². The van der Waals surface area contributed by atoms with E-state index < -0.39 is 0 Å². The van der Waals surface area contributed by atoms with Crippen LogP contribution in [0.15, 0.2) is 41.5 Å². The fourth-order valence-electron chi connectivity index (χ4n) is 2.19. The number of aromatic hydroxyl groups is 1. The molecule has 0 fully saturated rings. The quantitative estimate of drug-likeness (QED) is 0.326. The number of halogens is 2. The summed E-state index contributed by atoms with van der Waals surface area (Å²) in [5.74, 6) is 0.101. The second-order valence-corrected chi connectivity index (χ2v) is 9.07. The third-order valence-electron chi connectivity index (χ3n) is 3.63. The van der Waals surface area contributed by atoms with Crippen molar-refractivity contribution in [3.63, 3.8) is 0 Å². The van der Waals surface area contributed by atoms with Crippen LogP contribution in [0.25, 0.3) is 0 Å². The van der Waals surface area contributed by atoms with E-state index in [1.807, 2.05) is 12.1 Å². The van der Waals surface area contributed by atoms with Gasteiger partial charge in [-0.05, 0) is 79.4 Å². The first-order chi connectivity index (χ1) is 11.7. The number of rotatable bonds is 4. The minimum absolute atomic E-state index is 0.101. The van der Waals surface area contributed by atoms with Crippen molar-refractivity contribution in [3.05, 3.63) is 60.2 Å². The fourth-order valence-corrected chi connectivity index (χ4v) is 4.00. The summed E-state index contributed by atoms with van der Waals surface area (Å²) in [6.45, 7) is 6.49. The zero-order valence-corrected chi connectivity index (χ0v) is 18.6. The fraction of sp³-hybridized carbons (Fsp3) is 0.263. The molecule has 25 heavy (non-hydrogen) atoms. The van der Waals surface area contributed by atoms with Crippen LogP contribution in [0.4, 0.5) is 0 Å². The number of hydrogen-bond acceptors (Lipinski definition) is 3. The first kappa shape index (κ1) is 20.2. The van der Waals surface area contributed by atoms with Gasteiger partial charge in [-0.15, -0.1) is 0 Å². The van der Waals surface area contributed by atoms with Gasteiger partial charge in [-0.2, -0.15) is 5.10 Å². The lowest BCUT2D eigenvalue weighted by Crippen LogP contribution is -2.20. The predicted octanol–water partition coefficient (Wildman–Crippen LogP) is 4.59. The van der Waals surface area contributed by atoms with Crippen molar-refractivity contribution in [1.29, 1.82) is 0 Å². The molecule has 2 rings (SSSR count). The lowest BCUT2D eigenvalue weighted by atomic mass is 9.86. The number of hydrogen-bond donors (Lipinski definition) is 2. The number of phenols is 1. The number of carbonyl (C=O) groups excluding carboxylic acids is 1. The smallest absolute Gasteiger partial charge is 0.244 e. The Kier molecular flexibility index (Phi) is 6.84. The monoisotopic (exact) mass is 562 g/mol. The van der Waals surface area contributed by atoms with E-state index in [2.05, 4.69) is 88.6 Å². The molecular weight excluding hydrogens is 542 g/mol. The maximum absolute atomic E-state index is 12.0. The summed E-state index contributed by atoms with van der Waals surface area (Å²) in [4.78, 5) is 12.0. The number of amides is 1. The zero-order valence-electron chi connectivity index (χ0n) is 14.3. The maximum atomic E-state index is 12.0. The Bertz CT molecular complexity index is 771. The van der Waals surface area contributed by atoms with Gasteiger partial charge in [-0.3, -0.25) is 4.79 Å². The van der Waals surface area contributed by atoms with Crippen LogP contribution in [0.1, 0.15) is 37.5 Å². The lowest BCUT2D eigenvalue weighted by molar-refractivity contribution is -0.120. The molecule has 6 heteroatoms. The molecule has 2 aromatic carbocycles. The van der Waals surface area contributed by atoms with Crippen molar-refractivity contribution < 1.29 is 9.90 Å². The van der Waals surface area contributed by atoms with Gasteiger partial charge in [0.25, 0.3) is 0 Å². The van der Waals surface area contributed by atoms with Crippen LogP contribution >= 0.6 is 45.2 Å². The second kappa shape index (κ2) is 8.48. The van der Waals surface area contributed by atoms with Gasteiger partial charge in [0.1, 0.15) is 5.75 Å². The van der Waals surface area contributed by atoms with Gasteiger partial charge in [0.2, 0.25) is 5.91 Å². The molecule has 0 aliphatic rings. The highest BCUT2D eigenvalue weighted by atomic mass is 127. The van der Waals surface area contributed by atoms with Gasteiger partial charge < -0.3 is 5.11 Å². The van der Waals surface area contributed by atoms with E-state index in [0.29, 0.717) is 0 Å². The van der Waals surface area contributed by atoms with Crippen molar-refractivity contribution in [2.45, 2.75) is 32.6 Å². The van der Waals surface area contributed by atoms with Crippen LogP contribution in [0.3, 0.4) is 0 Å². The molecule has 4 nitrogen and oxygen atoms in total. The summed E-state index contributed by atoms with van der Waals surface area (Å²) < 4.78 is 1.49. The first-order valence-electron chi connectivity index (χ1n) is 7.76. The van der Waals surface area contributed by atoms with Gasteiger partial charge in [0.05, 0.1) is 19.8 Å². The van der Waals surface area contributed by atoms with Crippen molar-refractivity contribution in [2.75, 3.05) is 0 Å². The molecular formula is C19H20I2N2O2. The Balaban J connectivity index is 1.94. The average molecular weight is 562 g/mol. The molecule has 0 saturated carbocycles. The summed E-state index contributed by atoms with van der Waals surface area (Å²) in [6, 6.07) is 11.7. The molecule has 0 radical (unpaired) electrons. The molecule has 2 aromatic rings. The summed E-state index contributed by atoms with van der Waals surface area (Å²) >= 11 is 4.12. The first-order valence-corrected chi connectivity index (χ1v) is 9.92. The summed E-state index contributed by atoms with van der Waals surface area (Å²) in [6.07, 6.45) is 1.86. The maximum Gasteiger partial charge on any atom is 0.244 e. The molecule has 0 spiro atoms. The third kappa shape index (κ3) is 5.95. The minimum atomic E-state index is -0.164. The molecule has 0 saturated heterocycles. The molecule has 0 aliphatic carbocycles. The third-order valence-corrected chi connectivity index (χ3v) is 5.27. The van der Waals surface area contributed by atoms with Gasteiger partial charge in [-0.25, -0.2) is 5.43 Å². The lowest BCUT2D eigenvalue weighted by Gasteiger charge is -2.19. The van der Waals surface area contributed by atoms with Crippen LogP contribution in [-0.4, -0.2) is 17.2 Å². The molecule has 0 unspecified atom stereocenters. The molecule has 0 aromatic heterocycles. The topological polar surface area (TPSA) is 61.7 Å². The van der Waals surface area contributed by atoms with E-state index in [-0.39, 0.29) is 23.5 Å². The molecule has 2 N–H and O–H groups in total. The highest BCUT2D eigenvalue weighted by Gasteiger charge is 2.13. The highest BCUT2D eigenvalue weighted by molar-refractivity contribution is 14.1. The zero-order chi connectivity index (χ0) is 18.6. The Hall–Kier alpha value is -1.16. The number of phenolic OH excluding ortho intramolecular Hbond substituents is 1. The number of carbonyl (C=O) groups is 1. The predicted molar refractivity (Wildman–Crippen MR) is 118 cm³/mol. The summed E-state index contributed by atoms with van der Waals surface area (Å²) in [5, 5.41) is 13.7. The summed E-state index contributed by atoms with van der Waals surface area (Å²) in [5.41, 5.74) is 5.66. The Labute approximate surface area is 175 Å². The molecule has 0 aliphatic heterocycles. The standard InChI is InChI=1S/C19H20I2N2O2/c1-19(2,3)14-6-4-12(5-7-14)10-17(24)23-22-11-13-8-15(20)18(25)16(21)9-13/h4-9,11,25H,10H2,1-3H3,(H,23,24)/b22-11-. The van der Waals surface area contributed by atoms with Crippen LogP contribution in [0.5, 0.6) is 5.75 Å². The van der Waals surface area contributed by atoms with Crippen molar-refractivity contribution in [2.24, 2.45) is 5.10 Å². The molecule has 0 atom stereocenters. The Morgan fingerprint density at radius 3 is 2.24 bits per heavy atom. The van der Waals surface area contributed by atoms with E-state index in [0.717, 1.165) is 18.3 Å². The Morgan fingerprint density at radius 2 is 1.72 bits per heavy atom. The van der Waals surface area contributed by atoms with Gasteiger partial charge in [0, 0.05) is 0 Å². The molecule has 0 heterocycles. The number of nitrogens with one attached hydrogen (secondary N) is 1. The number of hydrazone groups is 1. The second-order valence-electron chi connectivity index (χ2n) is 6.75. The van der Waals surface area contributed by atoms with Crippen LogP contribution in [-0.2, 0) is 16.6 Å². The van der Waals surface area contributed by atoms with Crippen molar-refractivity contribution >= 4 is 57.3 Å². The van der Waals surface area contributed by atoms with E-state index in [9.17, 15) is 9.90 Å². The highest BCUT2D eigenvalue weighted by Crippen LogP contribution is 2.26. The van der Waals surface area contributed by atoms with Crippen molar-refractivity contribution in [3.8, 4) is 5.75 Å². The van der Waals surface area contributed by atoms with Gasteiger partial charge in [0.15, 0.2) is 0 Å². The van der Waals surface area contributed by atoms with Crippen molar-refractivity contribution in [1.82, 2.24) is 5.43 Å². The van der Waals surface area contributed by atoms with Crippen LogP contribution in [0, 0.1) is 7.14 Å². The van der Waals surface area contributed by atoms with Crippen LogP contribution < -0.4 is 5.43 Å². The SMILES string of the molecule is CC(C)(C)c1ccc(CC(=O)N/N=C\c2cc(I)c(O)c(I)c2)cc1. The Morgan fingerprint density at radius 1 is 1.16 bits per heavy atom. The molecule has 0 bridgehead atoms. The number of benzene rings is 2. The largest absolute Gasteiger partial charge is 0.506 e. The van der Waals surface area contributed by atoms with Gasteiger partial charge >= 0.3 is 0 Å². The van der Waals surface area contributed by atoms with E-state index >= 15 is 0 Å². The molecule has 1 amide bonds.